The average molecular weight is 433 g/mol. The Hall–Kier alpha value is -2.63. The van der Waals surface area contributed by atoms with E-state index >= 15 is 0 Å². The van der Waals surface area contributed by atoms with Gasteiger partial charge in [0.25, 0.3) is 5.91 Å². The van der Waals surface area contributed by atoms with Crippen molar-refractivity contribution in [2.75, 3.05) is 29.9 Å². The number of nitrogens with zero attached hydrogens (tertiary/aromatic N) is 4. The number of benzene rings is 1. The van der Waals surface area contributed by atoms with Crippen molar-refractivity contribution >= 4 is 33.4 Å². The number of rotatable bonds is 5. The Bertz CT molecular complexity index is 1130. The molecule has 0 spiro atoms. The Morgan fingerprint density at radius 2 is 2.03 bits per heavy atom. The Kier molecular flexibility index (Phi) is 5.43. The molecule has 0 unspecified atom stereocenters. The molecule has 11 heteroatoms. The van der Waals surface area contributed by atoms with Crippen LogP contribution in [0.4, 0.5) is 5.69 Å². The zero-order valence-electron chi connectivity index (χ0n) is 15.7. The summed E-state index contributed by atoms with van der Waals surface area (Å²) in [5.74, 6) is 1.81. The predicted octanol–water partition coefficient (Wildman–Crippen LogP) is 1.80. The minimum Gasteiger partial charge on any atom is -0.356 e. The van der Waals surface area contributed by atoms with Gasteiger partial charge in [-0.15, -0.1) is 10.2 Å². The second-order valence-corrected chi connectivity index (χ2v) is 9.73. The molecule has 29 heavy (non-hydrogen) atoms. The van der Waals surface area contributed by atoms with Gasteiger partial charge in [-0.2, -0.15) is 16.1 Å². The highest BCUT2D eigenvalue weighted by atomic mass is 32.2. The first kappa shape index (κ1) is 19.7. The number of anilines is 1. The molecule has 0 bridgehead atoms. The molecular weight excluding hydrogens is 412 g/mol. The molecule has 1 amide bonds. The molecule has 1 fully saturated rings. The molecule has 0 atom stereocenters. The summed E-state index contributed by atoms with van der Waals surface area (Å²) >= 11 is 1.73. The molecule has 0 saturated carbocycles. The number of carbonyl (C=O) groups excluding carboxylic acids is 1. The fraction of sp³-hybridized carbons (Fsp3) is 0.278. The van der Waals surface area contributed by atoms with Gasteiger partial charge >= 0.3 is 0 Å². The standard InChI is InChI=1S/C18H20N6O3S2/c1-23-12-20-22-17(23)13-3-2-4-14(9-13)21-18(25)16-10-15(11-19-16)29(26,27)24-5-7-28-8-6-24/h2-4,9-12,19H,5-8H2,1H3,(H,21,25). The molecule has 1 aliphatic heterocycles. The number of amides is 1. The molecule has 9 nitrogen and oxygen atoms in total. The van der Waals surface area contributed by atoms with Crippen LogP contribution in [0.5, 0.6) is 0 Å². The van der Waals surface area contributed by atoms with Crippen molar-refractivity contribution in [2.24, 2.45) is 7.05 Å². The summed E-state index contributed by atoms with van der Waals surface area (Å²) in [7, 11) is -1.76. The van der Waals surface area contributed by atoms with Crippen molar-refractivity contribution < 1.29 is 13.2 Å². The van der Waals surface area contributed by atoms with E-state index in [-0.39, 0.29) is 10.6 Å². The van der Waals surface area contributed by atoms with Crippen LogP contribution in [0, 0.1) is 0 Å². The van der Waals surface area contributed by atoms with Crippen LogP contribution in [-0.2, 0) is 17.1 Å². The van der Waals surface area contributed by atoms with Crippen LogP contribution < -0.4 is 5.32 Å². The van der Waals surface area contributed by atoms with E-state index in [4.69, 9.17) is 0 Å². The number of H-pyrrole nitrogens is 1. The van der Waals surface area contributed by atoms with Gasteiger partial charge in [-0.1, -0.05) is 12.1 Å². The molecule has 2 aromatic heterocycles. The monoisotopic (exact) mass is 432 g/mol. The van der Waals surface area contributed by atoms with E-state index in [0.717, 1.165) is 17.1 Å². The highest BCUT2D eigenvalue weighted by Crippen LogP contribution is 2.23. The van der Waals surface area contributed by atoms with Gasteiger partial charge in [0.2, 0.25) is 10.0 Å². The smallest absolute Gasteiger partial charge is 0.272 e. The molecule has 1 saturated heterocycles. The van der Waals surface area contributed by atoms with Crippen LogP contribution in [-0.4, -0.2) is 63.0 Å². The number of carbonyl (C=O) groups is 1. The minimum atomic E-state index is -3.60. The van der Waals surface area contributed by atoms with Crippen molar-refractivity contribution in [3.63, 3.8) is 0 Å². The van der Waals surface area contributed by atoms with Gasteiger partial charge in [0, 0.05) is 49.1 Å². The van der Waals surface area contributed by atoms with E-state index in [1.807, 2.05) is 13.1 Å². The summed E-state index contributed by atoms with van der Waals surface area (Å²) in [5.41, 5.74) is 1.56. The third kappa shape index (κ3) is 4.07. The number of hydrogen-bond donors (Lipinski definition) is 2. The normalized spacial score (nSPS) is 15.3. The number of sulfonamides is 1. The summed E-state index contributed by atoms with van der Waals surface area (Å²) in [5, 5.41) is 10.7. The molecular formula is C18H20N6O3S2. The molecule has 2 N–H and O–H groups in total. The van der Waals surface area contributed by atoms with E-state index in [1.54, 1.807) is 40.9 Å². The molecule has 0 radical (unpaired) electrons. The molecule has 1 aliphatic rings. The lowest BCUT2D eigenvalue weighted by atomic mass is 10.2. The van der Waals surface area contributed by atoms with Gasteiger partial charge in [0.05, 0.1) is 0 Å². The number of thioether (sulfide) groups is 1. The minimum absolute atomic E-state index is 0.0994. The van der Waals surface area contributed by atoms with Crippen molar-refractivity contribution in [1.82, 2.24) is 24.1 Å². The maximum absolute atomic E-state index is 12.7. The molecule has 0 aliphatic carbocycles. The van der Waals surface area contributed by atoms with Gasteiger partial charge in [-0.3, -0.25) is 4.79 Å². The average Bonchev–Trinajstić information content (AvgIpc) is 3.38. The predicted molar refractivity (Wildman–Crippen MR) is 111 cm³/mol. The largest absolute Gasteiger partial charge is 0.356 e. The SMILES string of the molecule is Cn1cnnc1-c1cccc(NC(=O)c2cc(S(=O)(=O)N3CCSCC3)c[nH]2)c1. The first-order valence-electron chi connectivity index (χ1n) is 8.97. The number of aromatic nitrogens is 4. The van der Waals surface area contributed by atoms with Gasteiger partial charge in [0.15, 0.2) is 5.82 Å². The quantitative estimate of drug-likeness (QED) is 0.636. The van der Waals surface area contributed by atoms with E-state index in [1.165, 1.54) is 16.6 Å². The maximum Gasteiger partial charge on any atom is 0.272 e. The lowest BCUT2D eigenvalue weighted by molar-refractivity contribution is 0.102. The second-order valence-electron chi connectivity index (χ2n) is 6.57. The third-order valence-electron chi connectivity index (χ3n) is 4.60. The van der Waals surface area contributed by atoms with Crippen molar-refractivity contribution in [3.05, 3.63) is 48.5 Å². The van der Waals surface area contributed by atoms with E-state index < -0.39 is 15.9 Å². The topological polar surface area (TPSA) is 113 Å². The zero-order valence-corrected chi connectivity index (χ0v) is 17.3. The van der Waals surface area contributed by atoms with Crippen LogP contribution >= 0.6 is 11.8 Å². The zero-order chi connectivity index (χ0) is 20.4. The van der Waals surface area contributed by atoms with Gasteiger partial charge in [-0.05, 0) is 18.2 Å². The first-order valence-corrected chi connectivity index (χ1v) is 11.6. The summed E-state index contributed by atoms with van der Waals surface area (Å²) in [6, 6.07) is 8.59. The van der Waals surface area contributed by atoms with Gasteiger partial charge < -0.3 is 14.9 Å². The molecule has 4 rings (SSSR count). The van der Waals surface area contributed by atoms with Crippen LogP contribution in [0.1, 0.15) is 10.5 Å². The Labute approximate surface area is 172 Å². The Morgan fingerprint density at radius 1 is 1.24 bits per heavy atom. The molecule has 152 valence electrons. The first-order chi connectivity index (χ1) is 13.9. The highest BCUT2D eigenvalue weighted by molar-refractivity contribution is 7.99. The van der Waals surface area contributed by atoms with Crippen LogP contribution in [0.15, 0.2) is 47.8 Å². The number of hydrogen-bond acceptors (Lipinski definition) is 6. The third-order valence-corrected chi connectivity index (χ3v) is 7.42. The lowest BCUT2D eigenvalue weighted by Crippen LogP contribution is -2.37. The summed E-state index contributed by atoms with van der Waals surface area (Å²) in [4.78, 5) is 15.5. The summed E-state index contributed by atoms with van der Waals surface area (Å²) in [6.45, 7) is 0.961. The molecule has 1 aromatic carbocycles. The summed E-state index contributed by atoms with van der Waals surface area (Å²) in [6.07, 6.45) is 2.96. The van der Waals surface area contributed by atoms with Gasteiger partial charge in [0.1, 0.15) is 16.9 Å². The van der Waals surface area contributed by atoms with E-state index in [9.17, 15) is 13.2 Å². The lowest BCUT2D eigenvalue weighted by Gasteiger charge is -2.24. The number of aromatic amines is 1. The molecule has 3 aromatic rings. The number of aryl methyl sites for hydroxylation is 1. The Morgan fingerprint density at radius 3 is 2.76 bits per heavy atom. The van der Waals surface area contributed by atoms with Crippen molar-refractivity contribution in [2.45, 2.75) is 4.90 Å². The second kappa shape index (κ2) is 8.01. The fourth-order valence-electron chi connectivity index (χ4n) is 3.07. The molecule has 3 heterocycles. The Balaban J connectivity index is 1.51. The van der Waals surface area contributed by atoms with E-state index in [2.05, 4.69) is 20.5 Å². The maximum atomic E-state index is 12.7. The van der Waals surface area contributed by atoms with Gasteiger partial charge in [-0.25, -0.2) is 8.42 Å². The van der Waals surface area contributed by atoms with Crippen LogP contribution in [0.25, 0.3) is 11.4 Å². The summed E-state index contributed by atoms with van der Waals surface area (Å²) < 4.78 is 28.7. The van der Waals surface area contributed by atoms with Crippen molar-refractivity contribution in [1.29, 1.82) is 0 Å². The van der Waals surface area contributed by atoms with Crippen LogP contribution in [0.2, 0.25) is 0 Å². The van der Waals surface area contributed by atoms with Crippen LogP contribution in [0.3, 0.4) is 0 Å². The van der Waals surface area contributed by atoms with E-state index in [0.29, 0.717) is 24.6 Å². The highest BCUT2D eigenvalue weighted by Gasteiger charge is 2.27. The fourth-order valence-corrected chi connectivity index (χ4v) is 5.64. The number of nitrogens with one attached hydrogen (secondary N) is 2. The van der Waals surface area contributed by atoms with Crippen molar-refractivity contribution in [3.8, 4) is 11.4 Å².